The van der Waals surface area contributed by atoms with Crippen molar-refractivity contribution in [2.24, 2.45) is 64.1 Å². The molecule has 4 aliphatic rings. The Balaban J connectivity index is 1.60. The topological polar surface area (TPSA) is 20.2 Å². The van der Waals surface area contributed by atoms with E-state index in [4.69, 9.17) is 0 Å². The lowest BCUT2D eigenvalue weighted by atomic mass is 9.47. The predicted octanol–water partition coefficient (Wildman–Crippen LogP) is 9.07. The Morgan fingerprint density at radius 1 is 0.912 bits per heavy atom. The number of hydrogen-bond acceptors (Lipinski definition) is 1. The first-order valence-corrected chi connectivity index (χ1v) is 15.0. The lowest BCUT2D eigenvalue weighted by Gasteiger charge is -2.58. The maximum absolute atomic E-state index is 10.3. The van der Waals surface area contributed by atoms with Crippen molar-refractivity contribution >= 4 is 0 Å². The van der Waals surface area contributed by atoms with Gasteiger partial charge in [0.05, 0.1) is 6.10 Å². The number of hydrogen-bond donors (Lipinski definition) is 1. The van der Waals surface area contributed by atoms with Gasteiger partial charge in [-0.15, -0.1) is 0 Å². The van der Waals surface area contributed by atoms with Crippen LogP contribution in [0.25, 0.3) is 0 Å². The summed E-state index contributed by atoms with van der Waals surface area (Å²) < 4.78 is 0. The summed E-state index contributed by atoms with van der Waals surface area (Å²) in [6.45, 7) is 22.4. The van der Waals surface area contributed by atoms with Gasteiger partial charge in [0.25, 0.3) is 0 Å². The molecule has 0 amide bonds. The summed E-state index contributed by atoms with van der Waals surface area (Å²) in [7, 11) is 0. The third kappa shape index (κ3) is 4.39. The van der Waals surface area contributed by atoms with Crippen molar-refractivity contribution in [3.05, 3.63) is 23.3 Å². The standard InChI is InChI=1S/C33H56O/c1-20(2)27(21(3)4)19-28(22(5)6)23(7)29-12-13-30-26-11-10-24-18-25(34)14-16-32(24,8)31(26)15-17-33(29,30)9/h10,19-23,25-27,29-31,34H,11-18H2,1-9H3/b28-19+/t23-,25+,26+,29-,30+,31+,32+,33-/m1/s1. The van der Waals surface area contributed by atoms with Crippen LogP contribution in [0.3, 0.4) is 0 Å². The molecular formula is C33H56O. The van der Waals surface area contributed by atoms with E-state index in [1.807, 2.05) is 0 Å². The van der Waals surface area contributed by atoms with Gasteiger partial charge in [-0.1, -0.05) is 85.6 Å². The Hall–Kier alpha value is -0.560. The van der Waals surface area contributed by atoms with Gasteiger partial charge in [-0.05, 0) is 115 Å². The van der Waals surface area contributed by atoms with Crippen LogP contribution in [0.1, 0.15) is 114 Å². The molecule has 0 saturated heterocycles. The lowest BCUT2D eigenvalue weighted by Crippen LogP contribution is -2.51. The van der Waals surface area contributed by atoms with Crippen LogP contribution in [-0.2, 0) is 0 Å². The summed E-state index contributed by atoms with van der Waals surface area (Å²) in [5, 5.41) is 10.3. The summed E-state index contributed by atoms with van der Waals surface area (Å²) >= 11 is 0. The minimum atomic E-state index is -0.0943. The predicted molar refractivity (Wildman–Crippen MR) is 146 cm³/mol. The summed E-state index contributed by atoms with van der Waals surface area (Å²) in [5.74, 6) is 6.87. The summed E-state index contributed by atoms with van der Waals surface area (Å²) in [6, 6.07) is 0. The molecule has 0 aromatic rings. The molecule has 194 valence electrons. The molecule has 0 bridgehead atoms. The van der Waals surface area contributed by atoms with Crippen LogP contribution < -0.4 is 0 Å². The molecule has 4 aliphatic carbocycles. The van der Waals surface area contributed by atoms with Crippen molar-refractivity contribution in [3.63, 3.8) is 0 Å². The zero-order chi connectivity index (χ0) is 25.0. The van der Waals surface area contributed by atoms with E-state index in [-0.39, 0.29) is 6.10 Å². The van der Waals surface area contributed by atoms with Crippen molar-refractivity contribution < 1.29 is 5.11 Å². The van der Waals surface area contributed by atoms with Gasteiger partial charge in [-0.2, -0.15) is 0 Å². The lowest BCUT2D eigenvalue weighted by molar-refractivity contribution is -0.0550. The fourth-order valence-electron chi connectivity index (χ4n) is 9.98. The molecule has 0 radical (unpaired) electrons. The summed E-state index contributed by atoms with van der Waals surface area (Å²) in [5.41, 5.74) is 4.21. The molecule has 4 rings (SSSR count). The second-order valence-electron chi connectivity index (χ2n) is 14.6. The van der Waals surface area contributed by atoms with E-state index in [0.29, 0.717) is 40.4 Å². The SMILES string of the molecule is CC(C)/C(=C\C(C(C)C)C(C)C)[C@@H](C)[C@H]1CC[C@H]2[C@@H]3CC=C4C[C@@H](O)CC[C@]4(C)[C@H]3CC[C@]12C. The minimum Gasteiger partial charge on any atom is -0.393 e. The van der Waals surface area contributed by atoms with Gasteiger partial charge in [-0.3, -0.25) is 0 Å². The maximum Gasteiger partial charge on any atom is 0.0577 e. The third-order valence-corrected chi connectivity index (χ3v) is 11.9. The van der Waals surface area contributed by atoms with Crippen LogP contribution in [0, 0.1) is 64.1 Å². The van der Waals surface area contributed by atoms with Crippen LogP contribution in [0.4, 0.5) is 0 Å². The first-order valence-electron chi connectivity index (χ1n) is 15.0. The highest BCUT2D eigenvalue weighted by Crippen LogP contribution is 2.67. The molecule has 0 aromatic heterocycles. The Morgan fingerprint density at radius 2 is 1.59 bits per heavy atom. The second kappa shape index (κ2) is 9.72. The van der Waals surface area contributed by atoms with Gasteiger partial charge < -0.3 is 5.11 Å². The highest BCUT2D eigenvalue weighted by molar-refractivity contribution is 5.26. The zero-order valence-electron chi connectivity index (χ0n) is 24.0. The van der Waals surface area contributed by atoms with Crippen LogP contribution in [0.2, 0.25) is 0 Å². The van der Waals surface area contributed by atoms with Gasteiger partial charge in [0.1, 0.15) is 0 Å². The largest absolute Gasteiger partial charge is 0.393 e. The van der Waals surface area contributed by atoms with E-state index < -0.39 is 0 Å². The molecule has 3 fully saturated rings. The molecule has 8 atom stereocenters. The summed E-state index contributed by atoms with van der Waals surface area (Å²) in [4.78, 5) is 0. The molecule has 0 aliphatic heterocycles. The van der Waals surface area contributed by atoms with Crippen molar-refractivity contribution in [1.29, 1.82) is 0 Å². The van der Waals surface area contributed by atoms with E-state index >= 15 is 0 Å². The third-order valence-electron chi connectivity index (χ3n) is 11.9. The molecular weight excluding hydrogens is 412 g/mol. The average Bonchev–Trinajstić information content (AvgIpc) is 3.10. The minimum absolute atomic E-state index is 0.0943. The number of allylic oxidation sites excluding steroid dienone is 3. The normalized spacial score (nSPS) is 41.5. The Labute approximate surface area is 212 Å². The molecule has 0 aromatic carbocycles. The van der Waals surface area contributed by atoms with Gasteiger partial charge >= 0.3 is 0 Å². The first kappa shape index (κ1) is 26.5. The fraction of sp³-hybridized carbons (Fsp3) is 0.879. The van der Waals surface area contributed by atoms with Crippen LogP contribution >= 0.6 is 0 Å². The molecule has 3 saturated carbocycles. The molecule has 1 heteroatoms. The van der Waals surface area contributed by atoms with Gasteiger partial charge in [-0.25, -0.2) is 0 Å². The number of aliphatic hydroxyl groups excluding tert-OH is 1. The second-order valence-corrected chi connectivity index (χ2v) is 14.6. The Bertz CT molecular complexity index is 778. The molecule has 34 heavy (non-hydrogen) atoms. The molecule has 0 spiro atoms. The fourth-order valence-corrected chi connectivity index (χ4v) is 9.98. The molecule has 0 unspecified atom stereocenters. The number of aliphatic hydroxyl groups is 1. The van der Waals surface area contributed by atoms with Crippen molar-refractivity contribution in [2.75, 3.05) is 0 Å². The molecule has 1 nitrogen and oxygen atoms in total. The first-order chi connectivity index (χ1) is 15.9. The van der Waals surface area contributed by atoms with Crippen LogP contribution in [-0.4, -0.2) is 11.2 Å². The van der Waals surface area contributed by atoms with E-state index in [2.05, 4.69) is 74.5 Å². The van der Waals surface area contributed by atoms with Crippen LogP contribution in [0.5, 0.6) is 0 Å². The highest BCUT2D eigenvalue weighted by atomic mass is 16.3. The Kier molecular flexibility index (Phi) is 7.58. The number of fused-ring (bicyclic) bond motifs is 5. The zero-order valence-corrected chi connectivity index (χ0v) is 24.0. The maximum atomic E-state index is 10.3. The quantitative estimate of drug-likeness (QED) is 0.385. The van der Waals surface area contributed by atoms with E-state index in [0.717, 1.165) is 36.5 Å². The Morgan fingerprint density at radius 3 is 2.21 bits per heavy atom. The van der Waals surface area contributed by atoms with Gasteiger partial charge in [0.15, 0.2) is 0 Å². The molecule has 1 N–H and O–H groups in total. The highest BCUT2D eigenvalue weighted by Gasteiger charge is 2.59. The average molecular weight is 469 g/mol. The van der Waals surface area contributed by atoms with Crippen molar-refractivity contribution in [1.82, 2.24) is 0 Å². The van der Waals surface area contributed by atoms with Gasteiger partial charge in [0, 0.05) is 0 Å². The van der Waals surface area contributed by atoms with Crippen LogP contribution in [0.15, 0.2) is 23.3 Å². The van der Waals surface area contributed by atoms with Crippen molar-refractivity contribution in [2.45, 2.75) is 120 Å². The van der Waals surface area contributed by atoms with E-state index in [1.165, 1.54) is 38.5 Å². The van der Waals surface area contributed by atoms with Gasteiger partial charge in [0.2, 0.25) is 0 Å². The summed E-state index contributed by atoms with van der Waals surface area (Å²) in [6.07, 6.45) is 15.4. The number of rotatable bonds is 6. The monoisotopic (exact) mass is 468 g/mol. The van der Waals surface area contributed by atoms with E-state index in [1.54, 1.807) is 11.1 Å². The van der Waals surface area contributed by atoms with E-state index in [9.17, 15) is 5.11 Å². The smallest absolute Gasteiger partial charge is 0.0577 e. The molecule has 0 heterocycles. The van der Waals surface area contributed by atoms with Crippen molar-refractivity contribution in [3.8, 4) is 0 Å².